The Bertz CT molecular complexity index is 917. The zero-order valence-corrected chi connectivity index (χ0v) is 16.9. The minimum atomic E-state index is -3.39. The largest absolute Gasteiger partial charge is 0.475 e. The van der Waals surface area contributed by atoms with Gasteiger partial charge in [-0.2, -0.15) is 4.31 Å². The van der Waals surface area contributed by atoms with Gasteiger partial charge in [-0.3, -0.25) is 0 Å². The fourth-order valence-electron chi connectivity index (χ4n) is 2.43. The van der Waals surface area contributed by atoms with Crippen LogP contribution in [0.15, 0.2) is 40.8 Å². The molecule has 0 saturated carbocycles. The van der Waals surface area contributed by atoms with E-state index in [1.807, 2.05) is 0 Å². The third-order valence-corrected chi connectivity index (χ3v) is 5.38. The number of benzene rings is 1. The highest BCUT2D eigenvalue weighted by atomic mass is 35.5. The van der Waals surface area contributed by atoms with E-state index in [1.54, 1.807) is 36.4 Å². The summed E-state index contributed by atoms with van der Waals surface area (Å²) in [6.07, 6.45) is 5.55. The number of carboxylic acids is 1. The van der Waals surface area contributed by atoms with Crippen LogP contribution in [0.1, 0.15) is 28.3 Å². The number of aromatic carboxylic acids is 1. The van der Waals surface area contributed by atoms with E-state index in [9.17, 15) is 13.2 Å². The Hall–Kier alpha value is -1.80. The predicted molar refractivity (Wildman–Crippen MR) is 106 cm³/mol. The zero-order valence-electron chi connectivity index (χ0n) is 14.6. The molecule has 1 aromatic carbocycles. The molecule has 0 unspecified atom stereocenters. The molecule has 146 valence electrons. The Kier molecular flexibility index (Phi) is 7.49. The lowest BCUT2D eigenvalue weighted by Gasteiger charge is -2.17. The van der Waals surface area contributed by atoms with E-state index in [2.05, 4.69) is 0 Å². The molecule has 0 atom stereocenters. The summed E-state index contributed by atoms with van der Waals surface area (Å²) in [7, 11) is -3.39. The lowest BCUT2D eigenvalue weighted by atomic mass is 10.2. The Morgan fingerprint density at radius 3 is 2.44 bits per heavy atom. The van der Waals surface area contributed by atoms with Gasteiger partial charge in [0.15, 0.2) is 0 Å². The van der Waals surface area contributed by atoms with Crippen LogP contribution in [0, 0.1) is 0 Å². The second kappa shape index (κ2) is 9.41. The number of rotatable bonds is 9. The van der Waals surface area contributed by atoms with Crippen molar-refractivity contribution < 1.29 is 22.7 Å². The molecule has 0 bridgehead atoms. The van der Waals surface area contributed by atoms with Crippen LogP contribution in [0.2, 0.25) is 10.0 Å². The number of halogens is 2. The molecule has 0 aliphatic carbocycles. The van der Waals surface area contributed by atoms with Crippen molar-refractivity contribution in [2.24, 2.45) is 0 Å². The predicted octanol–water partition coefficient (Wildman–Crippen LogP) is 4.19. The van der Waals surface area contributed by atoms with E-state index < -0.39 is 16.0 Å². The Morgan fingerprint density at radius 1 is 1.22 bits per heavy atom. The maximum absolute atomic E-state index is 12.0. The number of aryl methyl sites for hydroxylation is 1. The lowest BCUT2D eigenvalue weighted by molar-refractivity contribution is 0.0660. The van der Waals surface area contributed by atoms with E-state index in [0.717, 1.165) is 11.8 Å². The molecule has 0 amide bonds. The molecule has 0 saturated heterocycles. The molecule has 0 radical (unpaired) electrons. The van der Waals surface area contributed by atoms with Crippen LogP contribution >= 0.6 is 23.2 Å². The van der Waals surface area contributed by atoms with Gasteiger partial charge in [0, 0.05) is 29.6 Å². The van der Waals surface area contributed by atoms with Crippen LogP contribution in [0.3, 0.4) is 0 Å². The van der Waals surface area contributed by atoms with Gasteiger partial charge in [-0.1, -0.05) is 35.4 Å². The van der Waals surface area contributed by atoms with Crippen LogP contribution < -0.4 is 0 Å². The summed E-state index contributed by atoms with van der Waals surface area (Å²) in [5, 5.41) is 9.84. The summed E-state index contributed by atoms with van der Waals surface area (Å²) in [4.78, 5) is 10.8. The summed E-state index contributed by atoms with van der Waals surface area (Å²) in [6.45, 7) is 0.476. The van der Waals surface area contributed by atoms with Crippen molar-refractivity contribution in [2.75, 3.05) is 19.3 Å². The summed E-state index contributed by atoms with van der Waals surface area (Å²) in [5.74, 6) is -0.761. The average molecular weight is 432 g/mol. The molecule has 1 aromatic heterocycles. The third-order valence-electron chi connectivity index (χ3n) is 3.68. The Balaban J connectivity index is 1.94. The van der Waals surface area contributed by atoms with Gasteiger partial charge in [0.05, 0.1) is 6.26 Å². The summed E-state index contributed by atoms with van der Waals surface area (Å²) >= 11 is 11.9. The van der Waals surface area contributed by atoms with Gasteiger partial charge in [-0.25, -0.2) is 13.2 Å². The topological polar surface area (TPSA) is 87.8 Å². The van der Waals surface area contributed by atoms with Crippen LogP contribution in [-0.2, 0) is 16.4 Å². The average Bonchev–Trinajstić information content (AvgIpc) is 3.00. The number of nitrogens with zero attached hydrogens (tertiary/aromatic N) is 1. The quantitative estimate of drug-likeness (QED) is 0.642. The first-order chi connectivity index (χ1) is 12.6. The minimum absolute atomic E-state index is 0.131. The van der Waals surface area contributed by atoms with Gasteiger partial charge in [0.1, 0.15) is 5.76 Å². The molecule has 0 fully saturated rings. The monoisotopic (exact) mass is 431 g/mol. The lowest BCUT2D eigenvalue weighted by Crippen LogP contribution is -2.31. The molecule has 1 heterocycles. The normalized spacial score (nSPS) is 12.1. The number of carboxylic acid groups (broad SMARTS) is 1. The summed E-state index contributed by atoms with van der Waals surface area (Å²) < 4.78 is 30.4. The summed E-state index contributed by atoms with van der Waals surface area (Å²) in [6, 6.07) is 8.03. The number of furan rings is 1. The molecular formula is C18H19Cl2NO5S. The highest BCUT2D eigenvalue weighted by Gasteiger charge is 2.15. The third kappa shape index (κ3) is 7.03. The first-order valence-corrected chi connectivity index (χ1v) is 10.7. The van der Waals surface area contributed by atoms with Gasteiger partial charge >= 0.3 is 5.97 Å². The molecule has 0 aliphatic rings. The van der Waals surface area contributed by atoms with E-state index in [4.69, 9.17) is 32.7 Å². The molecule has 2 rings (SSSR count). The van der Waals surface area contributed by atoms with Crippen LogP contribution in [0.4, 0.5) is 0 Å². The van der Waals surface area contributed by atoms with Gasteiger partial charge in [0.2, 0.25) is 15.8 Å². The van der Waals surface area contributed by atoms with E-state index in [-0.39, 0.29) is 18.8 Å². The molecule has 2 aromatic rings. The van der Waals surface area contributed by atoms with Crippen LogP contribution in [0.5, 0.6) is 0 Å². The fraction of sp³-hybridized carbons (Fsp3) is 0.278. The van der Waals surface area contributed by atoms with Gasteiger partial charge in [-0.15, -0.1) is 0 Å². The van der Waals surface area contributed by atoms with Crippen molar-refractivity contribution in [1.29, 1.82) is 0 Å². The Morgan fingerprint density at radius 2 is 1.89 bits per heavy atom. The summed E-state index contributed by atoms with van der Waals surface area (Å²) in [5.41, 5.74) is 0.776. The number of hydrogen-bond donors (Lipinski definition) is 1. The SMILES string of the molecule is CS(=O)(=O)N(CC=Cc1cc(Cl)cc(Cl)c1)CCCc1ccc(C(=O)O)o1. The van der Waals surface area contributed by atoms with Gasteiger partial charge < -0.3 is 9.52 Å². The Labute approximate surface area is 168 Å². The molecule has 27 heavy (non-hydrogen) atoms. The highest BCUT2D eigenvalue weighted by molar-refractivity contribution is 7.88. The van der Waals surface area contributed by atoms with Crippen molar-refractivity contribution in [3.63, 3.8) is 0 Å². The fourth-order valence-corrected chi connectivity index (χ4v) is 3.79. The molecule has 0 spiro atoms. The standard InChI is InChI=1S/C18H19Cl2NO5S/c1-27(24,25)21(8-2-4-13-10-14(19)12-15(20)11-13)9-3-5-16-6-7-17(26-16)18(22)23/h2,4,6-7,10-12H,3,5,8-9H2,1H3,(H,22,23). The first-order valence-electron chi connectivity index (χ1n) is 8.05. The van der Waals surface area contributed by atoms with Crippen LogP contribution in [-0.4, -0.2) is 43.1 Å². The van der Waals surface area contributed by atoms with Crippen LogP contribution in [0.25, 0.3) is 6.08 Å². The van der Waals surface area contributed by atoms with Gasteiger partial charge in [0.25, 0.3) is 0 Å². The van der Waals surface area contributed by atoms with Crippen molar-refractivity contribution >= 4 is 45.3 Å². The number of sulfonamides is 1. The zero-order chi connectivity index (χ0) is 20.0. The van der Waals surface area contributed by atoms with Gasteiger partial charge in [-0.05, 0) is 42.3 Å². The number of carbonyl (C=O) groups is 1. The van der Waals surface area contributed by atoms with Crippen molar-refractivity contribution in [1.82, 2.24) is 4.31 Å². The van der Waals surface area contributed by atoms with Crippen molar-refractivity contribution in [3.05, 3.63) is 63.5 Å². The maximum atomic E-state index is 12.0. The molecule has 9 heteroatoms. The minimum Gasteiger partial charge on any atom is -0.475 e. The van der Waals surface area contributed by atoms with E-state index >= 15 is 0 Å². The molecule has 6 nitrogen and oxygen atoms in total. The molecule has 0 aliphatic heterocycles. The van der Waals surface area contributed by atoms with E-state index in [1.165, 1.54) is 10.4 Å². The van der Waals surface area contributed by atoms with E-state index in [0.29, 0.717) is 28.6 Å². The first kappa shape index (κ1) is 21.5. The smallest absolute Gasteiger partial charge is 0.371 e. The molecule has 1 N–H and O–H groups in total. The maximum Gasteiger partial charge on any atom is 0.371 e. The second-order valence-corrected chi connectivity index (χ2v) is 8.76. The highest BCUT2D eigenvalue weighted by Crippen LogP contribution is 2.20. The second-order valence-electron chi connectivity index (χ2n) is 5.90. The van der Waals surface area contributed by atoms with Crippen molar-refractivity contribution in [3.8, 4) is 0 Å². The molecular weight excluding hydrogens is 413 g/mol. The number of hydrogen-bond acceptors (Lipinski definition) is 4. The van der Waals surface area contributed by atoms with Crippen molar-refractivity contribution in [2.45, 2.75) is 12.8 Å².